The number of carbonyl (C=O) groups excluding carboxylic acids is 1. The summed E-state index contributed by atoms with van der Waals surface area (Å²) in [5.41, 5.74) is -1.87. The van der Waals surface area contributed by atoms with Gasteiger partial charge in [0.25, 0.3) is 0 Å². The van der Waals surface area contributed by atoms with Crippen LogP contribution in [0.15, 0.2) is 12.2 Å². The summed E-state index contributed by atoms with van der Waals surface area (Å²) in [6.45, 7) is 0. The van der Waals surface area contributed by atoms with Crippen LogP contribution in [0, 0.1) is 0 Å². The topological polar surface area (TPSA) is 74.6 Å². The highest BCUT2D eigenvalue weighted by atomic mass is 16.4. The van der Waals surface area contributed by atoms with Gasteiger partial charge in [0.15, 0.2) is 11.4 Å². The molecule has 0 radical (unpaired) electrons. The van der Waals surface area contributed by atoms with Gasteiger partial charge in [-0.2, -0.15) is 0 Å². The summed E-state index contributed by atoms with van der Waals surface area (Å²) in [5, 5.41) is 17.7. The van der Waals surface area contributed by atoms with Crippen LogP contribution >= 0.6 is 0 Å². The molecule has 0 saturated carbocycles. The van der Waals surface area contributed by atoms with Crippen molar-refractivity contribution in [1.29, 1.82) is 0 Å². The third kappa shape index (κ3) is 1.46. The van der Waals surface area contributed by atoms with E-state index in [-0.39, 0.29) is 18.6 Å². The summed E-state index contributed by atoms with van der Waals surface area (Å²) >= 11 is 0. The fourth-order valence-corrected chi connectivity index (χ4v) is 0.968. The highest BCUT2D eigenvalue weighted by Crippen LogP contribution is 2.21. The van der Waals surface area contributed by atoms with Crippen LogP contribution in [-0.4, -0.2) is 27.6 Å². The van der Waals surface area contributed by atoms with Crippen molar-refractivity contribution in [2.24, 2.45) is 0 Å². The third-order valence-corrected chi connectivity index (χ3v) is 1.62. The van der Waals surface area contributed by atoms with E-state index in [1.807, 2.05) is 0 Å². The molecular formula is C7H8O4. The fraction of sp³-hybridized carbons (Fsp3) is 0.429. The lowest BCUT2D eigenvalue weighted by Crippen LogP contribution is -2.41. The molecule has 0 aromatic carbocycles. The summed E-state index contributed by atoms with van der Waals surface area (Å²) in [4.78, 5) is 21.1. The number of hydrogen-bond donors (Lipinski definition) is 2. The Morgan fingerprint density at radius 3 is 2.64 bits per heavy atom. The van der Waals surface area contributed by atoms with Crippen LogP contribution in [0.25, 0.3) is 0 Å². The normalized spacial score (nSPS) is 30.5. The van der Waals surface area contributed by atoms with Crippen molar-refractivity contribution in [2.45, 2.75) is 18.4 Å². The van der Waals surface area contributed by atoms with E-state index in [4.69, 9.17) is 5.11 Å². The van der Waals surface area contributed by atoms with Crippen molar-refractivity contribution in [3.8, 4) is 0 Å². The lowest BCUT2D eigenvalue weighted by molar-refractivity contribution is -0.161. The van der Waals surface area contributed by atoms with Crippen LogP contribution in [0.2, 0.25) is 0 Å². The van der Waals surface area contributed by atoms with Gasteiger partial charge in [-0.05, 0) is 6.08 Å². The monoisotopic (exact) mass is 156 g/mol. The molecule has 0 aromatic rings. The Bertz CT molecular complexity index is 231. The number of aliphatic carboxylic acids is 1. The Balaban J connectivity index is 2.83. The number of allylic oxidation sites excluding steroid dienone is 1. The molecule has 0 aromatic heterocycles. The number of hydrogen-bond acceptors (Lipinski definition) is 3. The maximum Gasteiger partial charge on any atom is 0.336 e. The largest absolute Gasteiger partial charge is 0.479 e. The molecule has 4 nitrogen and oxygen atoms in total. The third-order valence-electron chi connectivity index (χ3n) is 1.62. The first-order chi connectivity index (χ1) is 5.04. The molecule has 4 heteroatoms. The highest BCUT2D eigenvalue weighted by molar-refractivity contribution is 5.96. The van der Waals surface area contributed by atoms with Crippen LogP contribution in [0.1, 0.15) is 12.8 Å². The van der Waals surface area contributed by atoms with Gasteiger partial charge in [-0.3, -0.25) is 4.79 Å². The second-order valence-corrected chi connectivity index (χ2v) is 2.59. The second kappa shape index (κ2) is 2.47. The smallest absolute Gasteiger partial charge is 0.336 e. The van der Waals surface area contributed by atoms with E-state index in [0.717, 1.165) is 0 Å². The van der Waals surface area contributed by atoms with E-state index in [9.17, 15) is 14.7 Å². The number of carboxylic acid groups (broad SMARTS) is 1. The minimum Gasteiger partial charge on any atom is -0.479 e. The van der Waals surface area contributed by atoms with Crippen molar-refractivity contribution in [3.63, 3.8) is 0 Å². The molecule has 0 saturated heterocycles. The van der Waals surface area contributed by atoms with Crippen LogP contribution in [0.3, 0.4) is 0 Å². The SMILES string of the molecule is O=C1C=CC[C@](O)(C(=O)O)C1. The van der Waals surface area contributed by atoms with Crippen molar-refractivity contribution < 1.29 is 19.8 Å². The number of aliphatic hydroxyl groups is 1. The molecule has 0 bridgehead atoms. The molecule has 1 aliphatic carbocycles. The van der Waals surface area contributed by atoms with Crippen molar-refractivity contribution >= 4 is 11.8 Å². The van der Waals surface area contributed by atoms with E-state index >= 15 is 0 Å². The zero-order chi connectivity index (χ0) is 8.48. The van der Waals surface area contributed by atoms with Crippen LogP contribution in [-0.2, 0) is 9.59 Å². The molecule has 0 amide bonds. The zero-order valence-corrected chi connectivity index (χ0v) is 5.78. The maximum absolute atomic E-state index is 10.7. The molecule has 0 heterocycles. The molecule has 11 heavy (non-hydrogen) atoms. The molecule has 1 atom stereocenters. The second-order valence-electron chi connectivity index (χ2n) is 2.59. The number of rotatable bonds is 1. The van der Waals surface area contributed by atoms with E-state index in [1.54, 1.807) is 0 Å². The highest BCUT2D eigenvalue weighted by Gasteiger charge is 2.38. The summed E-state index contributed by atoms with van der Waals surface area (Å²) in [6.07, 6.45) is 2.35. The Morgan fingerprint density at radius 2 is 2.27 bits per heavy atom. The Hall–Kier alpha value is -1.16. The van der Waals surface area contributed by atoms with Crippen molar-refractivity contribution in [2.75, 3.05) is 0 Å². The maximum atomic E-state index is 10.7. The Kier molecular flexibility index (Phi) is 1.78. The van der Waals surface area contributed by atoms with Crippen LogP contribution in [0.4, 0.5) is 0 Å². The predicted octanol–water partition coefficient (Wildman–Crippen LogP) is -0.279. The van der Waals surface area contributed by atoms with Gasteiger partial charge in [0.2, 0.25) is 0 Å². The lowest BCUT2D eigenvalue weighted by atomic mass is 9.89. The predicted molar refractivity (Wildman–Crippen MR) is 36.0 cm³/mol. The van der Waals surface area contributed by atoms with Crippen LogP contribution in [0.5, 0.6) is 0 Å². The summed E-state index contributed by atoms with van der Waals surface area (Å²) in [7, 11) is 0. The van der Waals surface area contributed by atoms with Crippen molar-refractivity contribution in [3.05, 3.63) is 12.2 Å². The van der Waals surface area contributed by atoms with Crippen LogP contribution < -0.4 is 0 Å². The van der Waals surface area contributed by atoms with Gasteiger partial charge < -0.3 is 10.2 Å². The minimum absolute atomic E-state index is 0.00801. The molecule has 0 spiro atoms. The van der Waals surface area contributed by atoms with E-state index in [2.05, 4.69) is 0 Å². The molecule has 0 aliphatic heterocycles. The number of ketones is 1. The summed E-state index contributed by atoms with van der Waals surface area (Å²) in [5.74, 6) is -1.68. The number of carbonyl (C=O) groups is 2. The van der Waals surface area contributed by atoms with Gasteiger partial charge in [-0.1, -0.05) is 6.08 Å². The first-order valence-corrected chi connectivity index (χ1v) is 3.20. The fourth-order valence-electron chi connectivity index (χ4n) is 0.968. The summed E-state index contributed by atoms with van der Waals surface area (Å²) in [6, 6.07) is 0. The first-order valence-electron chi connectivity index (χ1n) is 3.20. The van der Waals surface area contributed by atoms with Crippen molar-refractivity contribution in [1.82, 2.24) is 0 Å². The van der Waals surface area contributed by atoms with Gasteiger partial charge in [0, 0.05) is 6.42 Å². The molecule has 0 unspecified atom stereocenters. The Labute approximate surface area is 63.1 Å². The molecule has 60 valence electrons. The van der Waals surface area contributed by atoms with E-state index < -0.39 is 11.6 Å². The average molecular weight is 156 g/mol. The standard InChI is InChI=1S/C7H8O4/c8-5-2-1-3-7(11,4-5)6(9)10/h1-2,11H,3-4H2,(H,9,10)/t7-/m1/s1. The zero-order valence-electron chi connectivity index (χ0n) is 5.78. The van der Waals surface area contributed by atoms with Gasteiger partial charge >= 0.3 is 5.97 Å². The number of carboxylic acids is 1. The molecular weight excluding hydrogens is 148 g/mol. The van der Waals surface area contributed by atoms with Gasteiger partial charge in [0.1, 0.15) is 0 Å². The minimum atomic E-state index is -1.87. The summed E-state index contributed by atoms with van der Waals surface area (Å²) < 4.78 is 0. The quantitative estimate of drug-likeness (QED) is 0.547. The molecule has 2 N–H and O–H groups in total. The molecule has 1 aliphatic rings. The molecule has 0 fully saturated rings. The van der Waals surface area contributed by atoms with Gasteiger partial charge in [0.05, 0.1) is 6.42 Å². The van der Waals surface area contributed by atoms with E-state index in [0.29, 0.717) is 0 Å². The average Bonchev–Trinajstić information content (AvgIpc) is 1.86. The lowest BCUT2D eigenvalue weighted by Gasteiger charge is -2.22. The van der Waals surface area contributed by atoms with Gasteiger partial charge in [-0.25, -0.2) is 4.79 Å². The first kappa shape index (κ1) is 7.94. The molecule has 1 rings (SSSR count). The van der Waals surface area contributed by atoms with E-state index in [1.165, 1.54) is 12.2 Å². The van der Waals surface area contributed by atoms with Gasteiger partial charge in [-0.15, -0.1) is 0 Å². The Morgan fingerprint density at radius 1 is 1.64 bits per heavy atom.